The zero-order chi connectivity index (χ0) is 17.8. The molecular weight excluding hydrogens is 318 g/mol. The average Bonchev–Trinajstić information content (AvgIpc) is 3.16. The van der Waals surface area contributed by atoms with E-state index in [4.69, 9.17) is 4.42 Å². The number of nitrogens with one attached hydrogen (secondary N) is 1. The summed E-state index contributed by atoms with van der Waals surface area (Å²) < 4.78 is 7.95. The fraction of sp³-hybridized carbons (Fsp3) is 0.611. The number of hydrogen-bond acceptors (Lipinski definition) is 5. The molecule has 0 radical (unpaired) electrons. The Labute approximate surface area is 148 Å². The number of aryl methyl sites for hydroxylation is 1. The minimum atomic E-state index is 0.0294. The molecule has 136 valence electrons. The Kier molecular flexibility index (Phi) is 5.53. The monoisotopic (exact) mass is 345 g/mol. The molecule has 0 aromatic carbocycles. The Balaban J connectivity index is 1.64. The highest BCUT2D eigenvalue weighted by Crippen LogP contribution is 2.24. The highest BCUT2D eigenvalue weighted by Gasteiger charge is 2.24. The molecule has 1 aliphatic rings. The third-order valence-corrected chi connectivity index (χ3v) is 5.00. The lowest BCUT2D eigenvalue weighted by molar-refractivity contribution is -0.119. The third-order valence-electron chi connectivity index (χ3n) is 5.00. The molecule has 0 aliphatic carbocycles. The van der Waals surface area contributed by atoms with Gasteiger partial charge in [0.2, 0.25) is 11.8 Å². The fourth-order valence-electron chi connectivity index (χ4n) is 3.43. The normalized spacial score (nSPS) is 18.4. The van der Waals surface area contributed by atoms with Crippen molar-refractivity contribution >= 4 is 5.91 Å². The quantitative estimate of drug-likeness (QED) is 0.869. The standard InChI is InChI=1S/C18H27N5O2/c1-13-7-8-16(22(13)3)18-21-20-17(25-18)12-23-11-5-4-6-15(23)9-10-19-14(2)24/h7-8,15H,4-6,9-12H2,1-3H3,(H,19,24). The summed E-state index contributed by atoms with van der Waals surface area (Å²) in [6.45, 7) is 6.03. The van der Waals surface area contributed by atoms with E-state index in [2.05, 4.69) is 25.0 Å². The zero-order valence-corrected chi connectivity index (χ0v) is 15.3. The van der Waals surface area contributed by atoms with E-state index in [9.17, 15) is 4.79 Å². The highest BCUT2D eigenvalue weighted by molar-refractivity contribution is 5.72. The molecule has 1 atom stereocenters. The molecule has 2 aromatic rings. The summed E-state index contributed by atoms with van der Waals surface area (Å²) in [4.78, 5) is 13.5. The number of carbonyl (C=O) groups is 1. The van der Waals surface area contributed by atoms with Crippen LogP contribution in [0.3, 0.4) is 0 Å². The molecule has 0 spiro atoms. The van der Waals surface area contributed by atoms with E-state index in [1.807, 2.05) is 26.1 Å². The first-order valence-corrected chi connectivity index (χ1v) is 8.98. The maximum absolute atomic E-state index is 11.1. The van der Waals surface area contributed by atoms with Crippen LogP contribution in [-0.4, -0.2) is 44.7 Å². The predicted molar refractivity (Wildman–Crippen MR) is 94.8 cm³/mol. The first kappa shape index (κ1) is 17.7. The molecule has 7 nitrogen and oxygen atoms in total. The largest absolute Gasteiger partial charge is 0.418 e. The van der Waals surface area contributed by atoms with Crippen LogP contribution in [0.5, 0.6) is 0 Å². The van der Waals surface area contributed by atoms with E-state index >= 15 is 0 Å². The Morgan fingerprint density at radius 1 is 1.36 bits per heavy atom. The molecule has 2 aromatic heterocycles. The number of nitrogens with zero attached hydrogens (tertiary/aromatic N) is 4. The van der Waals surface area contributed by atoms with Gasteiger partial charge in [-0.2, -0.15) is 0 Å². The molecule has 25 heavy (non-hydrogen) atoms. The highest BCUT2D eigenvalue weighted by atomic mass is 16.4. The molecule has 0 saturated carbocycles. The van der Waals surface area contributed by atoms with Gasteiger partial charge in [-0.3, -0.25) is 9.69 Å². The van der Waals surface area contributed by atoms with Gasteiger partial charge >= 0.3 is 0 Å². The molecular formula is C18H27N5O2. The minimum Gasteiger partial charge on any atom is -0.418 e. The van der Waals surface area contributed by atoms with Crippen LogP contribution < -0.4 is 5.32 Å². The molecule has 1 fully saturated rings. The van der Waals surface area contributed by atoms with Crippen molar-refractivity contribution in [2.24, 2.45) is 7.05 Å². The van der Waals surface area contributed by atoms with Crippen molar-refractivity contribution in [3.63, 3.8) is 0 Å². The molecule has 7 heteroatoms. The minimum absolute atomic E-state index is 0.0294. The zero-order valence-electron chi connectivity index (χ0n) is 15.3. The Morgan fingerprint density at radius 2 is 2.20 bits per heavy atom. The second kappa shape index (κ2) is 7.82. The van der Waals surface area contributed by atoms with Crippen molar-refractivity contribution in [3.05, 3.63) is 23.7 Å². The molecule has 1 amide bonds. The molecule has 1 saturated heterocycles. The predicted octanol–water partition coefficient (Wildman–Crippen LogP) is 2.26. The second-order valence-electron chi connectivity index (χ2n) is 6.81. The topological polar surface area (TPSA) is 76.2 Å². The molecule has 1 N–H and O–H groups in total. The van der Waals surface area contributed by atoms with Gasteiger partial charge < -0.3 is 14.3 Å². The lowest BCUT2D eigenvalue weighted by Gasteiger charge is -2.34. The molecule has 3 heterocycles. The average molecular weight is 345 g/mol. The Bertz CT molecular complexity index is 721. The Morgan fingerprint density at radius 3 is 2.92 bits per heavy atom. The summed E-state index contributed by atoms with van der Waals surface area (Å²) in [5, 5.41) is 11.3. The first-order chi connectivity index (χ1) is 12.0. The van der Waals surface area contributed by atoms with Crippen LogP contribution >= 0.6 is 0 Å². The number of hydrogen-bond donors (Lipinski definition) is 1. The van der Waals surface area contributed by atoms with Crippen molar-refractivity contribution < 1.29 is 9.21 Å². The molecule has 1 unspecified atom stereocenters. The van der Waals surface area contributed by atoms with Crippen LogP contribution in [0.15, 0.2) is 16.5 Å². The third kappa shape index (κ3) is 4.28. The van der Waals surface area contributed by atoms with Gasteiger partial charge in [0, 0.05) is 32.3 Å². The van der Waals surface area contributed by atoms with E-state index < -0.39 is 0 Å². The number of likely N-dealkylation sites (tertiary alicyclic amines) is 1. The van der Waals surface area contributed by atoms with Crippen LogP contribution in [0.25, 0.3) is 11.6 Å². The molecule has 0 bridgehead atoms. The second-order valence-corrected chi connectivity index (χ2v) is 6.81. The molecule has 1 aliphatic heterocycles. The maximum atomic E-state index is 11.1. The maximum Gasteiger partial charge on any atom is 0.264 e. The number of aromatic nitrogens is 3. The molecule has 3 rings (SSSR count). The van der Waals surface area contributed by atoms with Crippen molar-refractivity contribution in [3.8, 4) is 11.6 Å². The number of piperidine rings is 1. The van der Waals surface area contributed by atoms with Gasteiger partial charge in [-0.05, 0) is 44.9 Å². The summed E-state index contributed by atoms with van der Waals surface area (Å²) in [6, 6.07) is 4.50. The summed E-state index contributed by atoms with van der Waals surface area (Å²) >= 11 is 0. The number of carbonyl (C=O) groups excluding carboxylic acids is 1. The van der Waals surface area contributed by atoms with Gasteiger partial charge in [-0.15, -0.1) is 10.2 Å². The van der Waals surface area contributed by atoms with Crippen molar-refractivity contribution in [1.29, 1.82) is 0 Å². The van der Waals surface area contributed by atoms with Crippen LogP contribution in [0.2, 0.25) is 0 Å². The van der Waals surface area contributed by atoms with Crippen LogP contribution in [-0.2, 0) is 18.4 Å². The Hall–Kier alpha value is -2.15. The van der Waals surface area contributed by atoms with Crippen molar-refractivity contribution in [2.45, 2.75) is 52.1 Å². The van der Waals surface area contributed by atoms with Crippen molar-refractivity contribution in [1.82, 2.24) is 25.0 Å². The lowest BCUT2D eigenvalue weighted by atomic mass is 9.99. The fourth-order valence-corrected chi connectivity index (χ4v) is 3.43. The summed E-state index contributed by atoms with van der Waals surface area (Å²) in [7, 11) is 2.00. The van der Waals surface area contributed by atoms with Crippen molar-refractivity contribution in [2.75, 3.05) is 13.1 Å². The van der Waals surface area contributed by atoms with Crippen LogP contribution in [0.1, 0.15) is 44.2 Å². The van der Waals surface area contributed by atoms with E-state index in [0.717, 1.165) is 30.8 Å². The number of rotatable bonds is 6. The summed E-state index contributed by atoms with van der Waals surface area (Å²) in [5.74, 6) is 1.25. The lowest BCUT2D eigenvalue weighted by Crippen LogP contribution is -2.41. The SMILES string of the molecule is CC(=O)NCCC1CCCCN1Cc1nnc(-c2ccc(C)n2C)o1. The summed E-state index contributed by atoms with van der Waals surface area (Å²) in [5.41, 5.74) is 2.10. The van der Waals surface area contributed by atoms with Gasteiger partial charge in [0.25, 0.3) is 5.89 Å². The summed E-state index contributed by atoms with van der Waals surface area (Å²) in [6.07, 6.45) is 4.53. The van der Waals surface area contributed by atoms with Gasteiger partial charge in [0.1, 0.15) is 5.69 Å². The first-order valence-electron chi connectivity index (χ1n) is 8.98. The van der Waals surface area contributed by atoms with Gasteiger partial charge in [-0.25, -0.2) is 0 Å². The van der Waals surface area contributed by atoms with Gasteiger partial charge in [0.15, 0.2) is 0 Å². The van der Waals surface area contributed by atoms with Crippen LogP contribution in [0.4, 0.5) is 0 Å². The van der Waals surface area contributed by atoms with Gasteiger partial charge in [-0.1, -0.05) is 6.42 Å². The van der Waals surface area contributed by atoms with E-state index in [1.54, 1.807) is 6.92 Å². The van der Waals surface area contributed by atoms with E-state index in [1.165, 1.54) is 12.8 Å². The van der Waals surface area contributed by atoms with E-state index in [-0.39, 0.29) is 5.91 Å². The van der Waals surface area contributed by atoms with Crippen LogP contribution in [0, 0.1) is 6.92 Å². The van der Waals surface area contributed by atoms with Gasteiger partial charge in [0.05, 0.1) is 6.54 Å². The van der Waals surface area contributed by atoms with E-state index in [0.29, 0.717) is 30.9 Å². The smallest absolute Gasteiger partial charge is 0.264 e. The number of amides is 1.